The molecule has 0 bridgehead atoms. The van der Waals surface area contributed by atoms with Gasteiger partial charge in [-0.15, -0.1) is 11.3 Å². The molecular formula is C70H97F3N14O10S. The van der Waals surface area contributed by atoms with E-state index in [0.717, 1.165) is 80.4 Å². The van der Waals surface area contributed by atoms with E-state index >= 15 is 8.78 Å². The van der Waals surface area contributed by atoms with Crippen molar-refractivity contribution in [3.05, 3.63) is 76.7 Å². The number of aliphatic hydroxyl groups is 1. The van der Waals surface area contributed by atoms with Crippen LogP contribution in [0, 0.1) is 41.2 Å². The number of aromatic nitrogens is 3. The number of anilines is 3. The number of halogens is 3. The Morgan fingerprint density at radius 1 is 0.806 bits per heavy atom. The van der Waals surface area contributed by atoms with Crippen LogP contribution >= 0.6 is 11.3 Å². The highest BCUT2D eigenvalue weighted by atomic mass is 32.1. The lowest BCUT2D eigenvalue weighted by Crippen LogP contribution is -2.66. The summed E-state index contributed by atoms with van der Waals surface area (Å²) in [4.78, 5) is 103. The van der Waals surface area contributed by atoms with Crippen molar-refractivity contribution < 1.29 is 61.3 Å². The third-order valence-electron chi connectivity index (χ3n) is 20.6. The molecule has 4 aromatic rings. The Balaban J connectivity index is 0.538. The van der Waals surface area contributed by atoms with Crippen LogP contribution < -0.4 is 46.4 Å². The maximum atomic E-state index is 15.8. The highest BCUT2D eigenvalue weighted by molar-refractivity contribution is 7.13. The molecule has 28 heteroatoms. The Morgan fingerprint density at radius 3 is 2.26 bits per heavy atom. The summed E-state index contributed by atoms with van der Waals surface area (Å²) >= 11 is 1.46. The monoisotopic (exact) mass is 1380 g/mol. The lowest BCUT2D eigenvalue weighted by atomic mass is 9.82. The molecule has 1 spiro atoms. The molecule has 7 fully saturated rings. The van der Waals surface area contributed by atoms with E-state index in [1.54, 1.807) is 43.3 Å². The fraction of sp³-hybridized carbons (Fsp3) is 0.643. The number of hydrogen-bond acceptors (Lipinski definition) is 19. The van der Waals surface area contributed by atoms with Crippen molar-refractivity contribution in [2.45, 2.75) is 154 Å². The number of β-amino-alcohol motifs (C(OH)–C–C–N with tert-alkyl or cyclic N) is 1. The first-order valence-electron chi connectivity index (χ1n) is 34.7. The quantitative estimate of drug-likeness (QED) is 0.0358. The number of rotatable bonds is 28. The van der Waals surface area contributed by atoms with E-state index in [-0.39, 0.29) is 93.6 Å². The minimum atomic E-state index is -2.00. The van der Waals surface area contributed by atoms with Crippen LogP contribution in [-0.2, 0) is 51.3 Å². The van der Waals surface area contributed by atoms with Gasteiger partial charge < -0.3 is 70.8 Å². The number of piperidine rings is 2. The third-order valence-corrected chi connectivity index (χ3v) is 21.5. The number of carbonyl (C=O) groups is 6. The van der Waals surface area contributed by atoms with Gasteiger partial charge in [-0.05, 0) is 118 Å². The number of nitrogens with one attached hydrogen (secondary N) is 6. The van der Waals surface area contributed by atoms with Gasteiger partial charge in [-0.25, -0.2) is 28.1 Å². The van der Waals surface area contributed by atoms with Gasteiger partial charge in [0.2, 0.25) is 23.6 Å². The predicted molar refractivity (Wildman–Crippen MR) is 364 cm³/mol. The van der Waals surface area contributed by atoms with Gasteiger partial charge in [0.25, 0.3) is 11.8 Å². The minimum Gasteiger partial charge on any atom is -0.483 e. The van der Waals surface area contributed by atoms with Gasteiger partial charge in [-0.3, -0.25) is 33.7 Å². The van der Waals surface area contributed by atoms with Gasteiger partial charge in [-0.2, -0.15) is 0 Å². The second-order valence-electron chi connectivity index (χ2n) is 29.8. The number of aryl methyl sites for hydroxylation is 1. The average Bonchev–Trinajstić information content (AvgIpc) is 0.818. The largest absolute Gasteiger partial charge is 0.483 e. The molecule has 7 aliphatic rings. The van der Waals surface area contributed by atoms with E-state index in [1.165, 1.54) is 34.7 Å². The van der Waals surface area contributed by atoms with Crippen LogP contribution in [0.25, 0.3) is 10.4 Å². The van der Waals surface area contributed by atoms with E-state index < -0.39 is 64.2 Å². The molecule has 7 heterocycles. The Labute approximate surface area is 575 Å². The Bertz CT molecular complexity index is 3490. The van der Waals surface area contributed by atoms with E-state index in [1.807, 2.05) is 19.1 Å². The van der Waals surface area contributed by atoms with Crippen LogP contribution in [0.1, 0.15) is 116 Å². The summed E-state index contributed by atoms with van der Waals surface area (Å²) in [7, 11) is 0. The first-order chi connectivity index (χ1) is 46.8. The number of thiazole rings is 1. The van der Waals surface area contributed by atoms with Crippen molar-refractivity contribution in [2.24, 2.45) is 22.7 Å². The molecule has 2 saturated carbocycles. The van der Waals surface area contributed by atoms with Crippen LogP contribution in [0.4, 0.5) is 30.5 Å². The fourth-order valence-corrected chi connectivity index (χ4v) is 15.3. The van der Waals surface area contributed by atoms with Crippen molar-refractivity contribution in [3.63, 3.8) is 0 Å². The smallest absolute Gasteiger partial charge is 0.258 e. The number of hydrogen-bond donors (Lipinski definition) is 7. The second kappa shape index (κ2) is 31.1. The summed E-state index contributed by atoms with van der Waals surface area (Å²) in [5, 5.41) is 28.5. The van der Waals surface area contributed by atoms with E-state index in [2.05, 4.69) is 75.4 Å². The van der Waals surface area contributed by atoms with E-state index in [0.29, 0.717) is 106 Å². The highest BCUT2D eigenvalue weighted by Crippen LogP contribution is 2.42. The topological polar surface area (TPSA) is 277 Å². The van der Waals surface area contributed by atoms with Crippen LogP contribution in [0.5, 0.6) is 5.75 Å². The molecule has 98 heavy (non-hydrogen) atoms. The lowest BCUT2D eigenvalue weighted by molar-refractivity contribution is -0.145. The normalized spacial score (nSPS) is 23.1. The number of piperazine rings is 1. The number of benzene rings is 2. The highest BCUT2D eigenvalue weighted by Gasteiger charge is 2.54. The number of aliphatic hydroxyl groups excluding tert-OH is 1. The first kappa shape index (κ1) is 72.0. The number of ether oxygens (including phenoxy) is 3. The maximum absolute atomic E-state index is 15.8. The van der Waals surface area contributed by atoms with Crippen LogP contribution in [0.15, 0.2) is 48.2 Å². The van der Waals surface area contributed by atoms with Gasteiger partial charge in [0, 0.05) is 108 Å². The fourth-order valence-electron chi connectivity index (χ4n) is 14.5. The third kappa shape index (κ3) is 18.4. The molecule has 2 aromatic carbocycles. The van der Waals surface area contributed by atoms with Gasteiger partial charge in [0.1, 0.15) is 54.0 Å². The summed E-state index contributed by atoms with van der Waals surface area (Å²) in [5.74, 6) is -0.994. The number of alkyl halides is 1. The molecule has 2 aliphatic carbocycles. The number of likely N-dealkylation sites (tertiary alicyclic amines) is 3. The number of fused-ring (bicyclic) bond motifs is 1. The zero-order chi connectivity index (χ0) is 69.5. The van der Waals surface area contributed by atoms with Crippen molar-refractivity contribution in [3.8, 4) is 16.2 Å². The first-order valence-corrected chi connectivity index (χ1v) is 35.6. The summed E-state index contributed by atoms with van der Waals surface area (Å²) in [6, 6.07) is 7.71. The van der Waals surface area contributed by atoms with Gasteiger partial charge in [0.05, 0.1) is 59.3 Å². The summed E-state index contributed by atoms with van der Waals surface area (Å²) in [5.41, 5.74) is 1.21. The molecule has 534 valence electrons. The molecule has 5 aliphatic heterocycles. The van der Waals surface area contributed by atoms with Crippen molar-refractivity contribution in [1.29, 1.82) is 0 Å². The molecule has 6 atom stereocenters. The van der Waals surface area contributed by atoms with E-state index in [4.69, 9.17) is 14.2 Å². The summed E-state index contributed by atoms with van der Waals surface area (Å²) in [6.07, 6.45) is 6.33. The Kier molecular flexibility index (Phi) is 22.9. The molecular weight excluding hydrogens is 1290 g/mol. The summed E-state index contributed by atoms with van der Waals surface area (Å²) < 4.78 is 64.1. The zero-order valence-electron chi connectivity index (χ0n) is 57.3. The SMILES string of the molecule is Cc1ncsc1-c1ccc(CNC(=O)[C@@H]2C[C@@H](O)CN2C(=O)[C@@H](NC(=O)C2(F)CC2)C(C)(C)C)c(OCC(=O)NCCOCCN2C[C@H]3CC(OCC(=O)NCCCNc4cc(N5CCC6(CC5)CN(c5cc(F)c(CN7CCC(C)(C)CC7)cc5F)CC(=O)N6)ncn4)C[C@H]3C2)c1. The van der Waals surface area contributed by atoms with Crippen LogP contribution in [-0.4, -0.2) is 217 Å². The number of amides is 6. The van der Waals surface area contributed by atoms with E-state index in [9.17, 15) is 38.3 Å². The van der Waals surface area contributed by atoms with Gasteiger partial charge in [0.15, 0.2) is 12.3 Å². The van der Waals surface area contributed by atoms with Gasteiger partial charge in [-0.1, -0.05) is 46.8 Å². The maximum Gasteiger partial charge on any atom is 0.258 e. The molecule has 5 saturated heterocycles. The average molecular weight is 1380 g/mol. The molecule has 6 amide bonds. The second-order valence-corrected chi connectivity index (χ2v) is 30.6. The molecule has 2 aromatic heterocycles. The predicted octanol–water partition coefficient (Wildman–Crippen LogP) is 5.25. The molecule has 0 radical (unpaired) electrons. The van der Waals surface area contributed by atoms with Crippen LogP contribution in [0.2, 0.25) is 0 Å². The Hall–Kier alpha value is -7.24. The molecule has 24 nitrogen and oxygen atoms in total. The minimum absolute atomic E-state index is 0.000922. The number of nitrogens with zero attached hydrogens (tertiary/aromatic N) is 8. The van der Waals surface area contributed by atoms with Crippen LogP contribution in [0.3, 0.4) is 0 Å². The van der Waals surface area contributed by atoms with Crippen molar-refractivity contribution >= 4 is 64.1 Å². The lowest BCUT2D eigenvalue weighted by Gasteiger charge is -2.48. The van der Waals surface area contributed by atoms with Gasteiger partial charge >= 0.3 is 0 Å². The summed E-state index contributed by atoms with van der Waals surface area (Å²) in [6.45, 7) is 19.3. The number of carbonyl (C=O) groups excluding carboxylic acids is 6. The molecule has 11 rings (SSSR count). The zero-order valence-corrected chi connectivity index (χ0v) is 58.1. The molecule has 1 unspecified atom stereocenters. The van der Waals surface area contributed by atoms with Crippen molar-refractivity contribution in [2.75, 3.05) is 127 Å². The Morgan fingerprint density at radius 2 is 1.54 bits per heavy atom. The van der Waals surface area contributed by atoms with Crippen molar-refractivity contribution in [1.82, 2.24) is 56.2 Å². The standard InChI is InChI=1S/C70H97F3N14O10S/c1-44-62(98-43-80-44)45-8-9-46(33-77-64(92)55-30-50(88)37-87(55)65(93)63(67(2,3)4)81-66(94)70(73)10-11-70)56(29-45)97-40-61(91)76-18-24-95-25-23-84-34-47-26-51(27-48(47)35-84)96-39-60(90)75-17-7-16-74-57-32-58(79-42-78-57)85-21-14-69(15-22-85)41-86(38-59(89)82-69)54-31-52(71)49(28-53(54)72)36-83-19-12-68(5,6)13-20-83/h8-9,28-29,31-32,42-43,47-48,50-51,55,63,88H,7,10-27,30,33-41H2,1-6H3,(H,75,90)(H,76,91)(H,77,92)(H,81,94)(H,82,89)(H,74,78,79)/t47-,48+,50-,51?,55+,63-/m1/s1. The molecule has 7 N–H and O–H groups in total.